The van der Waals surface area contributed by atoms with Crippen molar-refractivity contribution in [2.75, 3.05) is 13.2 Å². The van der Waals surface area contributed by atoms with E-state index in [9.17, 15) is 9.90 Å². The van der Waals surface area contributed by atoms with Gasteiger partial charge in [-0.15, -0.1) is 0 Å². The van der Waals surface area contributed by atoms with E-state index in [0.29, 0.717) is 19.6 Å². The van der Waals surface area contributed by atoms with Gasteiger partial charge in [0.2, 0.25) is 0 Å². The van der Waals surface area contributed by atoms with Crippen LogP contribution in [0.1, 0.15) is 17.2 Å². The number of nitrogens with one attached hydrogen (secondary N) is 2. The van der Waals surface area contributed by atoms with Crippen LogP contribution in [0.15, 0.2) is 54.6 Å². The van der Waals surface area contributed by atoms with E-state index in [1.165, 1.54) is 0 Å². The topological polar surface area (TPSA) is 70.6 Å². The Balaban J connectivity index is 1.45. The molecule has 0 spiro atoms. The summed E-state index contributed by atoms with van der Waals surface area (Å²) in [5, 5.41) is 15.7. The minimum absolute atomic E-state index is 0.303. The Bertz CT molecular complexity index is 660. The highest BCUT2D eigenvalue weighted by Gasteiger charge is 2.31. The molecule has 0 radical (unpaired) electrons. The maximum atomic E-state index is 12.0. The lowest BCUT2D eigenvalue weighted by molar-refractivity contribution is 0.142. The molecule has 0 bridgehead atoms. The summed E-state index contributed by atoms with van der Waals surface area (Å²) in [6.07, 6.45) is -0.0168. The summed E-state index contributed by atoms with van der Waals surface area (Å²) in [6, 6.07) is 16.6. The van der Waals surface area contributed by atoms with Crippen LogP contribution in [0.2, 0.25) is 0 Å². The molecule has 3 N–H and O–H groups in total. The number of carbonyl (C=O) groups excluding carboxylic acids is 1. The van der Waals surface area contributed by atoms with Gasteiger partial charge in [-0.1, -0.05) is 42.5 Å². The molecule has 2 aromatic rings. The second-order valence-corrected chi connectivity index (χ2v) is 5.51. The first-order valence-electron chi connectivity index (χ1n) is 7.72. The van der Waals surface area contributed by atoms with E-state index in [2.05, 4.69) is 10.6 Å². The Morgan fingerprint density at radius 3 is 2.70 bits per heavy atom. The molecular formula is C18H20N2O3. The molecule has 1 aliphatic rings. The highest BCUT2D eigenvalue weighted by Crippen LogP contribution is 2.30. The Labute approximate surface area is 135 Å². The third kappa shape index (κ3) is 3.81. The minimum atomic E-state index is -0.585. The van der Waals surface area contributed by atoms with Gasteiger partial charge in [-0.2, -0.15) is 0 Å². The summed E-state index contributed by atoms with van der Waals surface area (Å²) in [5.74, 6) is 0.773. The zero-order valence-electron chi connectivity index (χ0n) is 12.7. The number of ether oxygens (including phenoxy) is 1. The Hall–Kier alpha value is -2.53. The van der Waals surface area contributed by atoms with Gasteiger partial charge in [-0.05, 0) is 23.3 Å². The first-order chi connectivity index (χ1) is 11.2. The van der Waals surface area contributed by atoms with Gasteiger partial charge >= 0.3 is 6.03 Å². The van der Waals surface area contributed by atoms with Crippen LogP contribution in [0.4, 0.5) is 4.79 Å². The maximum Gasteiger partial charge on any atom is 0.315 e. The average Bonchev–Trinajstić information content (AvgIpc) is 2.88. The predicted molar refractivity (Wildman–Crippen MR) is 87.4 cm³/mol. The predicted octanol–water partition coefficient (Wildman–Crippen LogP) is 2.02. The number of hydrogen-bond donors (Lipinski definition) is 3. The first kappa shape index (κ1) is 15.4. The van der Waals surface area contributed by atoms with Crippen LogP contribution in [-0.4, -0.2) is 30.4 Å². The van der Waals surface area contributed by atoms with Crippen LogP contribution in [0.5, 0.6) is 5.75 Å². The summed E-state index contributed by atoms with van der Waals surface area (Å²) in [5.41, 5.74) is 2.06. The molecule has 5 heteroatoms. The van der Waals surface area contributed by atoms with Crippen molar-refractivity contribution in [3.05, 3.63) is 65.7 Å². The van der Waals surface area contributed by atoms with Crippen molar-refractivity contribution >= 4 is 6.03 Å². The molecule has 2 aromatic carbocycles. The lowest BCUT2D eigenvalue weighted by Gasteiger charge is -2.18. The van der Waals surface area contributed by atoms with Crippen molar-refractivity contribution in [1.29, 1.82) is 0 Å². The molecular weight excluding hydrogens is 292 g/mol. The molecule has 2 amide bonds. The lowest BCUT2D eigenvalue weighted by atomic mass is 10.1. The molecule has 0 aliphatic heterocycles. The third-order valence-electron chi connectivity index (χ3n) is 3.89. The number of benzene rings is 2. The third-order valence-corrected chi connectivity index (χ3v) is 3.89. The van der Waals surface area contributed by atoms with E-state index < -0.39 is 6.10 Å². The van der Waals surface area contributed by atoms with Gasteiger partial charge in [0.05, 0.1) is 18.7 Å². The largest absolute Gasteiger partial charge is 0.492 e. The number of carbonyl (C=O) groups is 1. The van der Waals surface area contributed by atoms with E-state index in [0.717, 1.165) is 16.9 Å². The number of amides is 2. The maximum absolute atomic E-state index is 12.0. The molecule has 2 unspecified atom stereocenters. The smallest absolute Gasteiger partial charge is 0.315 e. The van der Waals surface area contributed by atoms with Crippen LogP contribution in [-0.2, 0) is 6.42 Å². The summed E-state index contributed by atoms with van der Waals surface area (Å²) in [6.45, 7) is 0.784. The molecule has 2 atom stereocenters. The fourth-order valence-corrected chi connectivity index (χ4v) is 2.79. The molecule has 0 saturated carbocycles. The summed E-state index contributed by atoms with van der Waals surface area (Å²) >= 11 is 0. The van der Waals surface area contributed by atoms with Crippen molar-refractivity contribution < 1.29 is 14.6 Å². The fourth-order valence-electron chi connectivity index (χ4n) is 2.79. The van der Waals surface area contributed by atoms with Crippen molar-refractivity contribution in [3.8, 4) is 5.75 Å². The quantitative estimate of drug-likeness (QED) is 0.740. The number of aliphatic hydroxyl groups is 1. The molecule has 120 valence electrons. The van der Waals surface area contributed by atoms with Gasteiger partial charge in [0.25, 0.3) is 0 Å². The summed E-state index contributed by atoms with van der Waals surface area (Å²) < 4.78 is 5.51. The summed E-state index contributed by atoms with van der Waals surface area (Å²) in [4.78, 5) is 12.0. The van der Waals surface area contributed by atoms with E-state index in [1.54, 1.807) is 0 Å². The second kappa shape index (κ2) is 7.15. The number of fused-ring (bicyclic) bond motifs is 1. The van der Waals surface area contributed by atoms with Gasteiger partial charge in [0.1, 0.15) is 12.4 Å². The molecule has 23 heavy (non-hydrogen) atoms. The van der Waals surface area contributed by atoms with Gasteiger partial charge in [0, 0.05) is 6.42 Å². The molecule has 3 rings (SSSR count). The van der Waals surface area contributed by atoms with Crippen LogP contribution < -0.4 is 15.4 Å². The van der Waals surface area contributed by atoms with Crippen LogP contribution in [0.3, 0.4) is 0 Å². The lowest BCUT2D eigenvalue weighted by Crippen LogP contribution is -2.42. The second-order valence-electron chi connectivity index (χ2n) is 5.51. The Kier molecular flexibility index (Phi) is 4.78. The fraction of sp³-hybridized carbons (Fsp3) is 0.278. The monoisotopic (exact) mass is 312 g/mol. The van der Waals surface area contributed by atoms with E-state index >= 15 is 0 Å². The van der Waals surface area contributed by atoms with Crippen molar-refractivity contribution in [1.82, 2.24) is 10.6 Å². The number of hydrogen-bond acceptors (Lipinski definition) is 3. The highest BCUT2D eigenvalue weighted by atomic mass is 16.5. The van der Waals surface area contributed by atoms with E-state index in [4.69, 9.17) is 4.74 Å². The molecule has 0 fully saturated rings. The number of urea groups is 1. The number of para-hydroxylation sites is 1. The summed E-state index contributed by atoms with van der Waals surface area (Å²) in [7, 11) is 0. The van der Waals surface area contributed by atoms with Crippen LogP contribution in [0, 0.1) is 0 Å². The molecule has 5 nitrogen and oxygen atoms in total. The average molecular weight is 312 g/mol. The van der Waals surface area contributed by atoms with Crippen molar-refractivity contribution in [2.45, 2.75) is 18.6 Å². The van der Waals surface area contributed by atoms with Gasteiger partial charge in [-0.3, -0.25) is 0 Å². The molecule has 0 saturated heterocycles. The normalized spacial score (nSPS) is 19.0. The standard InChI is InChI=1S/C18H20N2O3/c21-16-12-13-6-4-5-9-15(13)17(16)20-18(22)19-10-11-23-14-7-2-1-3-8-14/h1-9,16-17,21H,10-12H2,(H2,19,20,22). The number of aliphatic hydroxyl groups excluding tert-OH is 1. The first-order valence-corrected chi connectivity index (χ1v) is 7.72. The van der Waals surface area contributed by atoms with Gasteiger partial charge < -0.3 is 20.5 Å². The molecule has 0 aromatic heterocycles. The van der Waals surface area contributed by atoms with E-state index in [1.807, 2.05) is 54.6 Å². The van der Waals surface area contributed by atoms with Gasteiger partial charge in [0.15, 0.2) is 0 Å². The van der Waals surface area contributed by atoms with Crippen LogP contribution in [0.25, 0.3) is 0 Å². The van der Waals surface area contributed by atoms with E-state index in [-0.39, 0.29) is 12.1 Å². The number of rotatable bonds is 5. The Morgan fingerprint density at radius 1 is 1.13 bits per heavy atom. The Morgan fingerprint density at radius 2 is 1.87 bits per heavy atom. The zero-order valence-corrected chi connectivity index (χ0v) is 12.7. The minimum Gasteiger partial charge on any atom is -0.492 e. The highest BCUT2D eigenvalue weighted by molar-refractivity contribution is 5.74. The zero-order chi connectivity index (χ0) is 16.1. The van der Waals surface area contributed by atoms with Gasteiger partial charge in [-0.25, -0.2) is 4.79 Å². The molecule has 1 aliphatic carbocycles. The molecule has 0 heterocycles. The van der Waals surface area contributed by atoms with Crippen LogP contribution >= 0.6 is 0 Å². The van der Waals surface area contributed by atoms with Crippen molar-refractivity contribution in [3.63, 3.8) is 0 Å². The van der Waals surface area contributed by atoms with Crippen molar-refractivity contribution in [2.24, 2.45) is 0 Å². The SMILES string of the molecule is O=C(NCCOc1ccccc1)NC1c2ccccc2CC1O.